The van der Waals surface area contributed by atoms with Gasteiger partial charge in [-0.1, -0.05) is 12.1 Å². The van der Waals surface area contributed by atoms with Crippen molar-refractivity contribution in [3.8, 4) is 5.75 Å². The second-order valence-electron chi connectivity index (χ2n) is 5.10. The summed E-state index contributed by atoms with van der Waals surface area (Å²) in [4.78, 5) is 14.2. The lowest BCUT2D eigenvalue weighted by Gasteiger charge is -2.17. The lowest BCUT2D eigenvalue weighted by Crippen LogP contribution is -2.30. The standard InChI is InChI=1S/C17H16FNO2/c1-21-15-5-6-16-13(11-15)7-8-19(16)17(20)10-12-3-2-4-14(18)9-12/h2-6,9,11H,7-8,10H2,1H3. The Hall–Kier alpha value is -2.36. The predicted molar refractivity (Wildman–Crippen MR) is 79.2 cm³/mol. The molecule has 0 aromatic heterocycles. The monoisotopic (exact) mass is 285 g/mol. The molecule has 0 N–H and O–H groups in total. The van der Waals surface area contributed by atoms with Crippen molar-refractivity contribution in [1.29, 1.82) is 0 Å². The minimum Gasteiger partial charge on any atom is -0.497 e. The van der Waals surface area contributed by atoms with Crippen LogP contribution in [-0.4, -0.2) is 19.6 Å². The van der Waals surface area contributed by atoms with Gasteiger partial charge in [0.25, 0.3) is 0 Å². The second kappa shape index (κ2) is 5.56. The summed E-state index contributed by atoms with van der Waals surface area (Å²) in [6.45, 7) is 0.663. The molecule has 1 amide bonds. The number of anilines is 1. The highest BCUT2D eigenvalue weighted by Gasteiger charge is 2.24. The van der Waals surface area contributed by atoms with E-state index < -0.39 is 0 Å². The number of ether oxygens (including phenoxy) is 1. The number of halogens is 1. The van der Waals surface area contributed by atoms with Gasteiger partial charge in [-0.05, 0) is 47.9 Å². The number of hydrogen-bond donors (Lipinski definition) is 0. The molecule has 2 aromatic carbocycles. The van der Waals surface area contributed by atoms with E-state index in [0.717, 1.165) is 23.4 Å². The molecule has 0 spiro atoms. The molecule has 1 aliphatic rings. The zero-order valence-electron chi connectivity index (χ0n) is 11.8. The second-order valence-corrected chi connectivity index (χ2v) is 5.10. The molecule has 0 atom stereocenters. The van der Waals surface area contributed by atoms with Crippen LogP contribution in [0.1, 0.15) is 11.1 Å². The van der Waals surface area contributed by atoms with Crippen LogP contribution in [-0.2, 0) is 17.6 Å². The maximum absolute atomic E-state index is 13.2. The highest BCUT2D eigenvalue weighted by Crippen LogP contribution is 2.31. The molecule has 4 heteroatoms. The Balaban J connectivity index is 1.79. The normalized spacial score (nSPS) is 13.1. The number of amides is 1. The van der Waals surface area contributed by atoms with E-state index in [9.17, 15) is 9.18 Å². The Morgan fingerprint density at radius 1 is 1.29 bits per heavy atom. The molecular formula is C17H16FNO2. The average molecular weight is 285 g/mol. The van der Waals surface area contributed by atoms with Gasteiger partial charge in [0.15, 0.2) is 0 Å². The summed E-state index contributed by atoms with van der Waals surface area (Å²) in [5, 5.41) is 0. The first-order valence-corrected chi connectivity index (χ1v) is 6.89. The van der Waals surface area contributed by atoms with E-state index in [4.69, 9.17) is 4.74 Å². The van der Waals surface area contributed by atoms with E-state index in [1.165, 1.54) is 12.1 Å². The van der Waals surface area contributed by atoms with E-state index >= 15 is 0 Å². The van der Waals surface area contributed by atoms with Crippen molar-refractivity contribution in [2.24, 2.45) is 0 Å². The maximum atomic E-state index is 13.2. The molecule has 1 aliphatic heterocycles. The third-order valence-electron chi connectivity index (χ3n) is 3.73. The van der Waals surface area contributed by atoms with E-state index in [-0.39, 0.29) is 18.1 Å². The molecule has 0 radical (unpaired) electrons. The molecule has 3 nitrogen and oxygen atoms in total. The number of hydrogen-bond acceptors (Lipinski definition) is 2. The Morgan fingerprint density at radius 2 is 2.14 bits per heavy atom. The topological polar surface area (TPSA) is 29.5 Å². The third kappa shape index (κ3) is 2.75. The zero-order valence-corrected chi connectivity index (χ0v) is 11.8. The van der Waals surface area contributed by atoms with Crippen molar-refractivity contribution in [2.45, 2.75) is 12.8 Å². The zero-order chi connectivity index (χ0) is 14.8. The van der Waals surface area contributed by atoms with E-state index in [1.807, 2.05) is 18.2 Å². The Kier molecular flexibility index (Phi) is 3.60. The fourth-order valence-corrected chi connectivity index (χ4v) is 2.68. The van der Waals surface area contributed by atoms with Crippen LogP contribution >= 0.6 is 0 Å². The van der Waals surface area contributed by atoms with Gasteiger partial charge in [0, 0.05) is 12.2 Å². The molecule has 21 heavy (non-hydrogen) atoms. The summed E-state index contributed by atoms with van der Waals surface area (Å²) < 4.78 is 18.4. The summed E-state index contributed by atoms with van der Waals surface area (Å²) in [5.74, 6) is 0.476. The average Bonchev–Trinajstić information content (AvgIpc) is 2.90. The van der Waals surface area contributed by atoms with Crippen LogP contribution in [0.25, 0.3) is 0 Å². The number of carbonyl (C=O) groups excluding carboxylic acids is 1. The van der Waals surface area contributed by atoms with Crippen LogP contribution in [0, 0.1) is 5.82 Å². The first-order chi connectivity index (χ1) is 10.2. The predicted octanol–water partition coefficient (Wildman–Crippen LogP) is 2.97. The van der Waals surface area contributed by atoms with Crippen molar-refractivity contribution in [3.63, 3.8) is 0 Å². The van der Waals surface area contributed by atoms with Crippen LogP contribution < -0.4 is 9.64 Å². The quantitative estimate of drug-likeness (QED) is 0.867. The summed E-state index contributed by atoms with van der Waals surface area (Å²) in [6.07, 6.45) is 1.03. The van der Waals surface area contributed by atoms with Crippen molar-refractivity contribution in [3.05, 3.63) is 59.4 Å². The number of carbonyl (C=O) groups is 1. The molecule has 0 unspecified atom stereocenters. The van der Waals surface area contributed by atoms with E-state index in [1.54, 1.807) is 24.1 Å². The Labute approximate surface area is 123 Å². The molecule has 1 heterocycles. The lowest BCUT2D eigenvalue weighted by molar-refractivity contribution is -0.117. The third-order valence-corrected chi connectivity index (χ3v) is 3.73. The number of methoxy groups -OCH3 is 1. The van der Waals surface area contributed by atoms with Crippen LogP contribution in [0.15, 0.2) is 42.5 Å². The molecule has 0 fully saturated rings. The molecular weight excluding hydrogens is 269 g/mol. The highest BCUT2D eigenvalue weighted by atomic mass is 19.1. The minimum absolute atomic E-state index is 0.00971. The summed E-state index contributed by atoms with van der Waals surface area (Å²) in [5.41, 5.74) is 2.74. The van der Waals surface area contributed by atoms with Crippen LogP contribution in [0.2, 0.25) is 0 Å². The highest BCUT2D eigenvalue weighted by molar-refractivity contribution is 5.96. The van der Waals surface area contributed by atoms with Gasteiger partial charge in [-0.2, -0.15) is 0 Å². The Morgan fingerprint density at radius 3 is 2.90 bits per heavy atom. The molecule has 3 rings (SSSR count). The van der Waals surface area contributed by atoms with Crippen molar-refractivity contribution >= 4 is 11.6 Å². The van der Waals surface area contributed by atoms with Gasteiger partial charge in [0.2, 0.25) is 5.91 Å². The van der Waals surface area contributed by atoms with Gasteiger partial charge >= 0.3 is 0 Å². The number of rotatable bonds is 3. The van der Waals surface area contributed by atoms with Gasteiger partial charge in [-0.3, -0.25) is 4.79 Å². The van der Waals surface area contributed by atoms with Crippen molar-refractivity contribution < 1.29 is 13.9 Å². The molecule has 2 aromatic rings. The summed E-state index contributed by atoms with van der Waals surface area (Å²) in [6, 6.07) is 11.9. The van der Waals surface area contributed by atoms with E-state index in [0.29, 0.717) is 12.1 Å². The van der Waals surface area contributed by atoms with Gasteiger partial charge in [0.1, 0.15) is 11.6 Å². The van der Waals surface area contributed by atoms with Gasteiger partial charge in [-0.25, -0.2) is 4.39 Å². The molecule has 0 bridgehead atoms. The first kappa shape index (κ1) is 13.6. The van der Waals surface area contributed by atoms with Crippen molar-refractivity contribution in [1.82, 2.24) is 0 Å². The fourth-order valence-electron chi connectivity index (χ4n) is 2.68. The summed E-state index contributed by atoms with van der Waals surface area (Å²) in [7, 11) is 1.63. The lowest BCUT2D eigenvalue weighted by atomic mass is 10.1. The van der Waals surface area contributed by atoms with Crippen LogP contribution in [0.5, 0.6) is 5.75 Å². The smallest absolute Gasteiger partial charge is 0.231 e. The van der Waals surface area contributed by atoms with Crippen molar-refractivity contribution in [2.75, 3.05) is 18.6 Å². The number of benzene rings is 2. The van der Waals surface area contributed by atoms with E-state index in [2.05, 4.69) is 0 Å². The molecule has 0 aliphatic carbocycles. The SMILES string of the molecule is COc1ccc2c(c1)CCN2C(=O)Cc1cccc(F)c1. The fraction of sp³-hybridized carbons (Fsp3) is 0.235. The number of fused-ring (bicyclic) bond motifs is 1. The maximum Gasteiger partial charge on any atom is 0.231 e. The van der Waals surface area contributed by atoms with Crippen LogP contribution in [0.3, 0.4) is 0 Å². The molecule has 0 saturated heterocycles. The molecule has 0 saturated carbocycles. The minimum atomic E-state index is -0.313. The Bertz CT molecular complexity index is 684. The number of nitrogens with zero attached hydrogens (tertiary/aromatic N) is 1. The largest absolute Gasteiger partial charge is 0.497 e. The van der Waals surface area contributed by atoms with Gasteiger partial charge < -0.3 is 9.64 Å². The first-order valence-electron chi connectivity index (χ1n) is 6.89. The molecule has 108 valence electrons. The van der Waals surface area contributed by atoms with Gasteiger partial charge in [0.05, 0.1) is 13.5 Å². The summed E-state index contributed by atoms with van der Waals surface area (Å²) >= 11 is 0. The van der Waals surface area contributed by atoms with Gasteiger partial charge in [-0.15, -0.1) is 0 Å². The van der Waals surface area contributed by atoms with Crippen LogP contribution in [0.4, 0.5) is 10.1 Å².